The fourth-order valence-corrected chi connectivity index (χ4v) is 6.01. The number of nitrogens with zero attached hydrogens (tertiary/aromatic N) is 2. The van der Waals surface area contributed by atoms with Crippen LogP contribution in [0.2, 0.25) is 15.5 Å². The summed E-state index contributed by atoms with van der Waals surface area (Å²) in [6.45, 7) is 2.84. The SMILES string of the molecule is BC1(B)CN(C(=O)c2ccc(F)c(Cl)c2)CC(B)(B)C1(F)C(B)(B)NCc1ccc(C)cn1. The summed E-state index contributed by atoms with van der Waals surface area (Å²) in [4.78, 5) is 19.3. The molecule has 0 atom stereocenters. The molecule has 0 bridgehead atoms. The highest BCUT2D eigenvalue weighted by atomic mass is 35.5. The Bertz CT molecular complexity index is 1040. The van der Waals surface area contributed by atoms with E-state index in [4.69, 9.17) is 11.6 Å². The Morgan fingerprint density at radius 2 is 1.79 bits per heavy atom. The van der Waals surface area contributed by atoms with Gasteiger partial charge in [-0.3, -0.25) is 9.78 Å². The molecule has 0 saturated carbocycles. The average Bonchev–Trinajstić information content (AvgIpc) is 2.72. The number of rotatable bonds is 5. The molecule has 2 aromatic rings. The van der Waals surface area contributed by atoms with E-state index in [1.54, 1.807) is 11.1 Å². The molecular weight excluding hydrogens is 437 g/mol. The normalized spacial score (nSPS) is 19.2. The maximum Gasteiger partial charge on any atom is 0.253 e. The number of alkyl halides is 1. The number of pyridine rings is 1. The molecule has 1 fully saturated rings. The van der Waals surface area contributed by atoms with Gasteiger partial charge in [-0.15, -0.1) is 0 Å². The maximum atomic E-state index is 17.3. The average molecular weight is 465 g/mol. The molecule has 1 aromatic carbocycles. The summed E-state index contributed by atoms with van der Waals surface area (Å²) < 4.78 is 30.9. The van der Waals surface area contributed by atoms with Gasteiger partial charge >= 0.3 is 0 Å². The number of carbonyl (C=O) groups excluding carboxylic acids is 1. The zero-order valence-electron chi connectivity index (χ0n) is 20.5. The van der Waals surface area contributed by atoms with E-state index >= 15 is 4.39 Å². The van der Waals surface area contributed by atoms with Crippen LogP contribution in [0.4, 0.5) is 8.78 Å². The fraction of sp³-hybridized carbons (Fsp3) is 0.400. The van der Waals surface area contributed by atoms with E-state index in [1.807, 2.05) is 66.1 Å². The monoisotopic (exact) mass is 465 g/mol. The number of aryl methyl sites for hydroxylation is 1. The zero-order valence-corrected chi connectivity index (χ0v) is 21.3. The quantitative estimate of drug-likeness (QED) is 0.512. The number of benzene rings is 1. The summed E-state index contributed by atoms with van der Waals surface area (Å²) in [6, 6.07) is 7.86. The highest BCUT2D eigenvalue weighted by Gasteiger charge is 2.65. The van der Waals surface area contributed by atoms with E-state index in [2.05, 4.69) is 10.3 Å². The zero-order chi connectivity index (χ0) is 24.8. The van der Waals surface area contributed by atoms with Gasteiger partial charge in [0.1, 0.15) is 58.6 Å². The Balaban J connectivity index is 1.87. The van der Waals surface area contributed by atoms with Crippen LogP contribution in [0.5, 0.6) is 0 Å². The van der Waals surface area contributed by atoms with E-state index in [0.29, 0.717) is 12.1 Å². The van der Waals surface area contributed by atoms with Crippen molar-refractivity contribution in [3.63, 3.8) is 0 Å². The molecule has 0 unspecified atom stereocenters. The van der Waals surface area contributed by atoms with Gasteiger partial charge in [-0.1, -0.05) is 17.7 Å². The topological polar surface area (TPSA) is 45.2 Å². The summed E-state index contributed by atoms with van der Waals surface area (Å²) in [6.07, 6.45) is 1.80. The van der Waals surface area contributed by atoms with E-state index in [0.717, 1.165) is 11.3 Å². The molecule has 1 aromatic heterocycles. The summed E-state index contributed by atoms with van der Waals surface area (Å²) in [5, 5.41) is 0.618. The van der Waals surface area contributed by atoms with Crippen molar-refractivity contribution in [2.45, 2.75) is 34.9 Å². The number of likely N-dealkylation sites (tertiary alicyclic amines) is 1. The lowest BCUT2D eigenvalue weighted by atomic mass is 9.24. The Morgan fingerprint density at radius 3 is 2.30 bits per heavy atom. The summed E-state index contributed by atoms with van der Waals surface area (Å²) in [7, 11) is 11.2. The molecule has 0 radical (unpaired) electrons. The lowest BCUT2D eigenvalue weighted by molar-refractivity contribution is 0.00681. The van der Waals surface area contributed by atoms with Crippen molar-refractivity contribution in [1.29, 1.82) is 0 Å². The molecule has 1 amide bonds. The first-order chi connectivity index (χ1) is 15.1. The predicted octanol–water partition coefficient (Wildman–Crippen LogP) is -2.18. The minimum atomic E-state index is -1.67. The van der Waals surface area contributed by atoms with Crippen LogP contribution in [-0.4, -0.2) is 87.0 Å². The molecule has 1 N–H and O–H groups in total. The Morgan fingerprint density at radius 1 is 1.18 bits per heavy atom. The van der Waals surface area contributed by atoms with Gasteiger partial charge in [-0.05, 0) is 52.5 Å². The van der Waals surface area contributed by atoms with Crippen LogP contribution < -0.4 is 5.32 Å². The lowest BCUT2D eigenvalue weighted by Crippen LogP contribution is -2.77. The van der Waals surface area contributed by atoms with Crippen molar-refractivity contribution in [2.24, 2.45) is 0 Å². The molecule has 1 aliphatic heterocycles. The molecule has 13 heteroatoms. The number of aromatic nitrogens is 1. The molecular formula is C20H28B6ClF2N3O. The van der Waals surface area contributed by atoms with Gasteiger partial charge in [-0.25, -0.2) is 8.78 Å². The standard InChI is InChI=1S/C20H28B6ClF2N3O/c1-11-2-4-13(30-7-11)8-31-20(25,26)19(29)17(21,22)9-32(10-18(19,23)24)16(33)12-3-5-15(28)14(27)6-12/h2-7,31H,8-10,21-26H2,1H3. The third-order valence-electron chi connectivity index (χ3n) is 7.04. The van der Waals surface area contributed by atoms with Gasteiger partial charge in [0.05, 0.1) is 10.7 Å². The van der Waals surface area contributed by atoms with E-state index in [1.165, 1.54) is 18.2 Å². The molecule has 168 valence electrons. The van der Waals surface area contributed by atoms with Crippen molar-refractivity contribution < 1.29 is 13.6 Å². The smallest absolute Gasteiger partial charge is 0.253 e. The van der Waals surface area contributed by atoms with Crippen LogP contribution in [0.3, 0.4) is 0 Å². The van der Waals surface area contributed by atoms with Crippen LogP contribution in [-0.2, 0) is 6.54 Å². The van der Waals surface area contributed by atoms with Crippen molar-refractivity contribution in [1.82, 2.24) is 15.2 Å². The van der Waals surface area contributed by atoms with Crippen LogP contribution in [0.25, 0.3) is 0 Å². The second kappa shape index (κ2) is 8.84. The Hall–Kier alpha value is -1.66. The molecule has 33 heavy (non-hydrogen) atoms. The second-order valence-corrected chi connectivity index (χ2v) is 11.4. The minimum absolute atomic E-state index is 0.105. The van der Waals surface area contributed by atoms with E-state index in [9.17, 15) is 9.18 Å². The van der Waals surface area contributed by atoms with Gasteiger partial charge in [0.15, 0.2) is 0 Å². The van der Waals surface area contributed by atoms with E-state index in [-0.39, 0.29) is 24.0 Å². The molecule has 1 saturated heterocycles. The Labute approximate surface area is 205 Å². The highest BCUT2D eigenvalue weighted by molar-refractivity contribution is 6.51. The number of carbonyl (C=O) groups is 1. The van der Waals surface area contributed by atoms with Crippen LogP contribution in [0.15, 0.2) is 36.5 Å². The molecule has 3 rings (SSSR count). The minimum Gasteiger partial charge on any atom is -0.340 e. The Kier molecular flexibility index (Phi) is 6.96. The van der Waals surface area contributed by atoms with Crippen molar-refractivity contribution in [3.05, 3.63) is 64.2 Å². The fourth-order valence-electron chi connectivity index (χ4n) is 5.83. The maximum absolute atomic E-state index is 17.3. The predicted molar refractivity (Wildman–Crippen MR) is 146 cm³/mol. The van der Waals surface area contributed by atoms with Gasteiger partial charge in [-0.2, -0.15) is 0 Å². The molecule has 4 nitrogen and oxygen atoms in total. The number of hydrogen-bond donors (Lipinski definition) is 1. The van der Waals surface area contributed by atoms with Gasteiger partial charge in [0, 0.05) is 31.4 Å². The second-order valence-electron chi connectivity index (χ2n) is 11.0. The molecule has 1 aliphatic rings. The van der Waals surface area contributed by atoms with Crippen molar-refractivity contribution >= 4 is 64.6 Å². The summed E-state index contributed by atoms with van der Waals surface area (Å²) >= 11 is 5.89. The first-order valence-corrected chi connectivity index (χ1v) is 11.6. The third kappa shape index (κ3) is 4.66. The van der Waals surface area contributed by atoms with Gasteiger partial charge in [0.25, 0.3) is 5.91 Å². The van der Waals surface area contributed by atoms with Gasteiger partial charge in [0.2, 0.25) is 0 Å². The first-order valence-electron chi connectivity index (χ1n) is 11.2. The number of nitrogens with one attached hydrogen (secondary N) is 1. The van der Waals surface area contributed by atoms with Crippen LogP contribution in [0.1, 0.15) is 21.6 Å². The number of amides is 1. The number of halogens is 3. The van der Waals surface area contributed by atoms with E-state index < -0.39 is 27.3 Å². The summed E-state index contributed by atoms with van der Waals surface area (Å²) in [5.74, 6) is -0.860. The van der Waals surface area contributed by atoms with Crippen LogP contribution in [0, 0.1) is 12.7 Å². The van der Waals surface area contributed by atoms with Crippen LogP contribution >= 0.6 is 11.6 Å². The molecule has 0 aliphatic carbocycles. The van der Waals surface area contributed by atoms with Crippen molar-refractivity contribution in [3.8, 4) is 0 Å². The largest absolute Gasteiger partial charge is 0.340 e. The first kappa shape index (κ1) is 26.0. The number of hydrogen-bond acceptors (Lipinski definition) is 3. The summed E-state index contributed by atoms with van der Waals surface area (Å²) in [5.41, 5.74) is 0.534. The van der Waals surface area contributed by atoms with Crippen molar-refractivity contribution in [2.75, 3.05) is 13.1 Å². The molecule has 2 heterocycles. The number of piperidine rings is 1. The van der Waals surface area contributed by atoms with Gasteiger partial charge < -0.3 is 10.2 Å². The third-order valence-corrected chi connectivity index (χ3v) is 7.33. The lowest BCUT2D eigenvalue weighted by Gasteiger charge is -2.64. The molecule has 0 spiro atoms. The highest BCUT2D eigenvalue weighted by Crippen LogP contribution is 2.58.